The van der Waals surface area contributed by atoms with Gasteiger partial charge in [-0.1, -0.05) is 34.6 Å². The van der Waals surface area contributed by atoms with Crippen molar-refractivity contribution in [3.05, 3.63) is 0 Å². The van der Waals surface area contributed by atoms with Crippen LogP contribution in [-0.4, -0.2) is 23.3 Å². The minimum atomic E-state index is -0.652. The Morgan fingerprint density at radius 1 is 1.24 bits per heavy atom. The van der Waals surface area contributed by atoms with Crippen molar-refractivity contribution in [1.29, 1.82) is 0 Å². The maximum absolute atomic E-state index is 13.0. The smallest absolute Gasteiger partial charge is 0.312 e. The molecule has 21 heavy (non-hydrogen) atoms. The molecule has 1 aliphatic carbocycles. The lowest BCUT2D eigenvalue weighted by atomic mass is 9.63. The zero-order valence-electron chi connectivity index (χ0n) is 14.8. The van der Waals surface area contributed by atoms with Gasteiger partial charge in [0.25, 0.3) is 0 Å². The molecule has 0 spiro atoms. The van der Waals surface area contributed by atoms with Crippen LogP contribution in [0.4, 0.5) is 0 Å². The van der Waals surface area contributed by atoms with E-state index >= 15 is 0 Å². The van der Waals surface area contributed by atoms with Crippen molar-refractivity contribution >= 4 is 5.97 Å². The Balaban J connectivity index is 3.00. The van der Waals surface area contributed by atoms with Crippen LogP contribution in [0.5, 0.6) is 0 Å². The van der Waals surface area contributed by atoms with Gasteiger partial charge >= 0.3 is 5.97 Å². The van der Waals surface area contributed by atoms with E-state index < -0.39 is 10.8 Å². The Bertz CT molecular complexity index is 353. The average Bonchev–Trinajstić information content (AvgIpc) is 2.86. The van der Waals surface area contributed by atoms with Crippen LogP contribution in [0.1, 0.15) is 80.1 Å². The summed E-state index contributed by atoms with van der Waals surface area (Å²) in [6.45, 7) is 12.2. The first-order chi connectivity index (χ1) is 9.62. The minimum absolute atomic E-state index is 0.00948. The third-order valence-electron chi connectivity index (χ3n) is 5.62. The molecule has 3 nitrogen and oxygen atoms in total. The van der Waals surface area contributed by atoms with E-state index in [0.717, 1.165) is 38.5 Å². The van der Waals surface area contributed by atoms with Crippen molar-refractivity contribution in [3.63, 3.8) is 0 Å². The van der Waals surface area contributed by atoms with Crippen LogP contribution >= 0.6 is 0 Å². The summed E-state index contributed by atoms with van der Waals surface area (Å²) in [5, 5.41) is 9.77. The van der Waals surface area contributed by atoms with Gasteiger partial charge < -0.3 is 9.84 Å². The molecule has 0 aliphatic heterocycles. The third-order valence-corrected chi connectivity index (χ3v) is 5.62. The van der Waals surface area contributed by atoms with Gasteiger partial charge in [0, 0.05) is 12.0 Å². The standard InChI is InChI=1S/C18H34O3/c1-7-18(10-8-9-11-18)21-15(20)17(6,12-14(2)3)16(4,5)13-19/h14,19H,7-13H2,1-6H3. The number of ether oxygens (including phenoxy) is 1. The molecule has 0 aromatic rings. The Kier molecular flexibility index (Phi) is 5.88. The highest BCUT2D eigenvalue weighted by atomic mass is 16.6. The molecular weight excluding hydrogens is 264 g/mol. The first kappa shape index (κ1) is 18.5. The summed E-state index contributed by atoms with van der Waals surface area (Å²) >= 11 is 0. The zero-order valence-corrected chi connectivity index (χ0v) is 14.8. The first-order valence-electron chi connectivity index (χ1n) is 8.47. The Morgan fingerprint density at radius 3 is 2.14 bits per heavy atom. The normalized spacial score (nSPS) is 21.3. The van der Waals surface area contributed by atoms with Crippen molar-refractivity contribution in [3.8, 4) is 0 Å². The predicted molar refractivity (Wildman–Crippen MR) is 86.0 cm³/mol. The molecule has 0 radical (unpaired) electrons. The highest BCUT2D eigenvalue weighted by Gasteiger charge is 2.50. The van der Waals surface area contributed by atoms with Gasteiger partial charge in [-0.25, -0.2) is 0 Å². The molecular formula is C18H34O3. The second-order valence-electron chi connectivity index (χ2n) is 8.11. The zero-order chi connectivity index (χ0) is 16.3. The van der Waals surface area contributed by atoms with Gasteiger partial charge in [0.1, 0.15) is 5.60 Å². The summed E-state index contributed by atoms with van der Waals surface area (Å²) in [5.41, 5.74) is -1.40. The van der Waals surface area contributed by atoms with Crippen LogP contribution < -0.4 is 0 Å². The quantitative estimate of drug-likeness (QED) is 0.712. The van der Waals surface area contributed by atoms with E-state index in [1.807, 2.05) is 20.8 Å². The highest BCUT2D eigenvalue weighted by Crippen LogP contribution is 2.47. The summed E-state index contributed by atoms with van der Waals surface area (Å²) in [4.78, 5) is 13.0. The molecule has 3 heteroatoms. The molecule has 124 valence electrons. The summed E-state index contributed by atoms with van der Waals surface area (Å²) < 4.78 is 6.05. The number of hydrogen-bond donors (Lipinski definition) is 1. The van der Waals surface area contributed by atoms with Gasteiger partial charge in [-0.3, -0.25) is 4.79 Å². The van der Waals surface area contributed by atoms with E-state index in [2.05, 4.69) is 20.8 Å². The fourth-order valence-corrected chi connectivity index (χ4v) is 3.48. The van der Waals surface area contributed by atoms with E-state index in [4.69, 9.17) is 4.74 Å². The molecule has 0 amide bonds. The Hall–Kier alpha value is -0.570. The summed E-state index contributed by atoms with van der Waals surface area (Å²) in [6, 6.07) is 0. The minimum Gasteiger partial charge on any atom is -0.459 e. The van der Waals surface area contributed by atoms with Crippen molar-refractivity contribution < 1.29 is 14.6 Å². The highest BCUT2D eigenvalue weighted by molar-refractivity contribution is 5.78. The number of aliphatic hydroxyl groups excluding tert-OH is 1. The average molecular weight is 298 g/mol. The Morgan fingerprint density at radius 2 is 1.76 bits per heavy atom. The SMILES string of the molecule is CCC1(OC(=O)C(C)(CC(C)C)C(C)(C)CO)CCCC1. The largest absolute Gasteiger partial charge is 0.459 e. The van der Waals surface area contributed by atoms with Crippen molar-refractivity contribution in [2.45, 2.75) is 85.7 Å². The molecule has 1 N–H and O–H groups in total. The summed E-state index contributed by atoms with van der Waals surface area (Å²) in [7, 11) is 0. The lowest BCUT2D eigenvalue weighted by Crippen LogP contribution is -2.49. The van der Waals surface area contributed by atoms with Gasteiger partial charge in [-0.2, -0.15) is 0 Å². The van der Waals surface area contributed by atoms with Crippen molar-refractivity contribution in [1.82, 2.24) is 0 Å². The van der Waals surface area contributed by atoms with Gasteiger partial charge in [-0.15, -0.1) is 0 Å². The fraction of sp³-hybridized carbons (Fsp3) is 0.944. The molecule has 1 rings (SSSR count). The maximum Gasteiger partial charge on any atom is 0.312 e. The van der Waals surface area contributed by atoms with Gasteiger partial charge in [0.2, 0.25) is 0 Å². The topological polar surface area (TPSA) is 46.5 Å². The van der Waals surface area contributed by atoms with E-state index in [1.165, 1.54) is 0 Å². The van der Waals surface area contributed by atoms with Gasteiger partial charge in [0.05, 0.1) is 5.41 Å². The second-order valence-corrected chi connectivity index (χ2v) is 8.11. The molecule has 1 unspecified atom stereocenters. The second kappa shape index (κ2) is 6.68. The number of aliphatic hydroxyl groups is 1. The monoisotopic (exact) mass is 298 g/mol. The fourth-order valence-electron chi connectivity index (χ4n) is 3.48. The van der Waals surface area contributed by atoms with Crippen LogP contribution in [0.15, 0.2) is 0 Å². The van der Waals surface area contributed by atoms with E-state index in [9.17, 15) is 9.90 Å². The summed E-state index contributed by atoms with van der Waals surface area (Å²) in [5.74, 6) is 0.258. The predicted octanol–water partition coefficient (Wildman–Crippen LogP) is 4.32. The lowest BCUT2D eigenvalue weighted by Gasteiger charge is -2.44. The molecule has 1 atom stereocenters. The molecule has 1 aliphatic rings. The lowest BCUT2D eigenvalue weighted by molar-refractivity contribution is -0.183. The molecule has 0 aromatic heterocycles. The van der Waals surface area contributed by atoms with Crippen molar-refractivity contribution in [2.24, 2.45) is 16.7 Å². The molecule has 0 heterocycles. The molecule has 0 aromatic carbocycles. The van der Waals surface area contributed by atoms with Gasteiger partial charge in [0.15, 0.2) is 0 Å². The van der Waals surface area contributed by atoms with Gasteiger partial charge in [-0.05, 0) is 51.4 Å². The Labute approximate surface area is 130 Å². The van der Waals surface area contributed by atoms with Crippen LogP contribution in [-0.2, 0) is 9.53 Å². The number of hydrogen-bond acceptors (Lipinski definition) is 3. The summed E-state index contributed by atoms with van der Waals surface area (Å²) in [6.07, 6.45) is 5.87. The van der Waals surface area contributed by atoms with Crippen LogP contribution in [0, 0.1) is 16.7 Å². The van der Waals surface area contributed by atoms with E-state index in [0.29, 0.717) is 5.92 Å². The number of esters is 1. The maximum atomic E-state index is 13.0. The number of rotatable bonds is 7. The van der Waals surface area contributed by atoms with Crippen LogP contribution in [0.25, 0.3) is 0 Å². The van der Waals surface area contributed by atoms with Crippen molar-refractivity contribution in [2.75, 3.05) is 6.61 Å². The third kappa shape index (κ3) is 3.80. The first-order valence-corrected chi connectivity index (χ1v) is 8.47. The molecule has 1 saturated carbocycles. The molecule has 1 fully saturated rings. The molecule has 0 bridgehead atoms. The van der Waals surface area contributed by atoms with Crippen LogP contribution in [0.2, 0.25) is 0 Å². The van der Waals surface area contributed by atoms with Crippen LogP contribution in [0.3, 0.4) is 0 Å². The number of carbonyl (C=O) groups excluding carboxylic acids is 1. The van der Waals surface area contributed by atoms with E-state index in [-0.39, 0.29) is 18.2 Å². The molecule has 0 saturated heterocycles. The van der Waals surface area contributed by atoms with E-state index in [1.54, 1.807) is 0 Å². The number of carbonyl (C=O) groups is 1.